The quantitative estimate of drug-likeness (QED) is 0.251. The Morgan fingerprint density at radius 2 is 1.64 bits per heavy atom. The molecule has 1 heterocycles. The smallest absolute Gasteiger partial charge is 0.240 e. The van der Waals surface area contributed by atoms with Crippen LogP contribution >= 0.6 is 0 Å². The van der Waals surface area contributed by atoms with Crippen molar-refractivity contribution in [3.05, 3.63) is 108 Å². The predicted molar refractivity (Wildman–Crippen MR) is 153 cm³/mol. The molecule has 0 spiro atoms. The molecule has 39 heavy (non-hydrogen) atoms. The Morgan fingerprint density at radius 3 is 2.28 bits per heavy atom. The van der Waals surface area contributed by atoms with Gasteiger partial charge in [0, 0.05) is 23.6 Å². The van der Waals surface area contributed by atoms with E-state index in [0.29, 0.717) is 23.6 Å². The van der Waals surface area contributed by atoms with Gasteiger partial charge in [0.1, 0.15) is 11.6 Å². The normalized spacial score (nSPS) is 11.9. The summed E-state index contributed by atoms with van der Waals surface area (Å²) >= 11 is 0. The number of hydrogen-bond acceptors (Lipinski definition) is 4. The fourth-order valence-corrected chi connectivity index (χ4v) is 5.01. The number of hydrogen-bond donors (Lipinski definition) is 1. The van der Waals surface area contributed by atoms with Gasteiger partial charge in [-0.15, -0.1) is 0 Å². The van der Waals surface area contributed by atoms with Gasteiger partial charge in [0.05, 0.1) is 17.9 Å². The topological polar surface area (TPSA) is 84.3 Å². The molecule has 0 unspecified atom stereocenters. The van der Waals surface area contributed by atoms with E-state index < -0.39 is 21.7 Å². The molecule has 0 saturated heterocycles. The lowest BCUT2D eigenvalue weighted by molar-refractivity contribution is -0.116. The van der Waals surface area contributed by atoms with E-state index in [4.69, 9.17) is 0 Å². The van der Waals surface area contributed by atoms with Crippen LogP contribution in [0.4, 0.5) is 10.2 Å². The van der Waals surface area contributed by atoms with E-state index in [1.807, 2.05) is 62.4 Å². The molecule has 0 fully saturated rings. The minimum Gasteiger partial charge on any atom is -0.309 e. The summed E-state index contributed by atoms with van der Waals surface area (Å²) in [6, 6.07) is 26.0. The maximum atomic E-state index is 13.6. The van der Waals surface area contributed by atoms with Gasteiger partial charge in [-0.05, 0) is 48.2 Å². The van der Waals surface area contributed by atoms with E-state index >= 15 is 0 Å². The first kappa shape index (κ1) is 27.9. The van der Waals surface area contributed by atoms with Crippen molar-refractivity contribution in [3.63, 3.8) is 0 Å². The second kappa shape index (κ2) is 12.6. The van der Waals surface area contributed by atoms with Crippen LogP contribution in [0.15, 0.2) is 96.4 Å². The van der Waals surface area contributed by atoms with Gasteiger partial charge in [0.15, 0.2) is 0 Å². The van der Waals surface area contributed by atoms with Crippen molar-refractivity contribution >= 4 is 27.8 Å². The lowest BCUT2D eigenvalue weighted by Gasteiger charge is -2.21. The zero-order chi connectivity index (χ0) is 27.8. The van der Waals surface area contributed by atoms with E-state index in [-0.39, 0.29) is 19.0 Å². The Bertz CT molecular complexity index is 1520. The molecule has 1 N–H and O–H groups in total. The molecule has 0 aliphatic carbocycles. The monoisotopic (exact) mass is 546 g/mol. The van der Waals surface area contributed by atoms with Crippen molar-refractivity contribution in [3.8, 4) is 16.9 Å². The van der Waals surface area contributed by atoms with Gasteiger partial charge in [0.25, 0.3) is 0 Å². The Labute approximate surface area is 228 Å². The van der Waals surface area contributed by atoms with Gasteiger partial charge < -0.3 is 5.32 Å². The number of amides is 1. The van der Waals surface area contributed by atoms with Crippen molar-refractivity contribution in [2.75, 3.05) is 18.4 Å². The molecule has 1 amide bonds. The average molecular weight is 547 g/mol. The van der Waals surface area contributed by atoms with Crippen LogP contribution in [0.3, 0.4) is 0 Å². The number of nitrogens with zero attached hydrogens (tertiary/aromatic N) is 3. The summed E-state index contributed by atoms with van der Waals surface area (Å²) in [6.45, 7) is 3.82. The highest BCUT2D eigenvalue weighted by atomic mass is 32.2. The summed E-state index contributed by atoms with van der Waals surface area (Å²) in [4.78, 5) is 13.2. The number of rotatable bonds is 11. The summed E-state index contributed by atoms with van der Waals surface area (Å²) in [5.41, 5.74) is 2.72. The lowest BCUT2D eigenvalue weighted by atomic mass is 10.1. The molecule has 0 radical (unpaired) electrons. The first-order valence-electron chi connectivity index (χ1n) is 12.7. The summed E-state index contributed by atoms with van der Waals surface area (Å²) in [6.07, 6.45) is 2.11. The number of carbonyl (C=O) groups is 1. The highest BCUT2D eigenvalue weighted by Crippen LogP contribution is 2.25. The van der Waals surface area contributed by atoms with E-state index in [2.05, 4.69) is 10.4 Å². The summed E-state index contributed by atoms with van der Waals surface area (Å²) in [5.74, 6) is -0.323. The fourth-order valence-electron chi connectivity index (χ4n) is 3.86. The van der Waals surface area contributed by atoms with Crippen LogP contribution in [-0.2, 0) is 14.8 Å². The number of anilines is 1. The Kier molecular flexibility index (Phi) is 9.06. The second-order valence-corrected chi connectivity index (χ2v) is 11.3. The van der Waals surface area contributed by atoms with E-state index in [0.717, 1.165) is 16.5 Å². The van der Waals surface area contributed by atoms with Crippen molar-refractivity contribution in [2.24, 2.45) is 5.92 Å². The van der Waals surface area contributed by atoms with Crippen LogP contribution in [0.2, 0.25) is 0 Å². The number of halogens is 1. The highest BCUT2D eigenvalue weighted by Gasteiger charge is 2.24. The first-order chi connectivity index (χ1) is 18.7. The Morgan fingerprint density at radius 1 is 1.00 bits per heavy atom. The van der Waals surface area contributed by atoms with Crippen molar-refractivity contribution < 1.29 is 17.6 Å². The van der Waals surface area contributed by atoms with Gasteiger partial charge in [-0.3, -0.25) is 4.79 Å². The number of nitrogens with one attached hydrogen (secondary N) is 1. The highest BCUT2D eigenvalue weighted by molar-refractivity contribution is 7.92. The molecule has 0 atom stereocenters. The third kappa shape index (κ3) is 7.72. The molecular formula is C30H31FN4O3S. The molecule has 202 valence electrons. The molecule has 9 heteroatoms. The summed E-state index contributed by atoms with van der Waals surface area (Å²) in [5, 5.41) is 8.57. The molecule has 4 rings (SSSR count). The minimum absolute atomic E-state index is 0.193. The molecule has 0 saturated carbocycles. The number of benzene rings is 3. The SMILES string of the molecule is CC(C)CCN(CC(=O)Nc1cc(-c2ccccc2)nn1-c1ccc(F)cc1)S(=O)(=O)C=Cc1ccccc1. The zero-order valence-corrected chi connectivity index (χ0v) is 22.7. The summed E-state index contributed by atoms with van der Waals surface area (Å²) in [7, 11) is -3.88. The lowest BCUT2D eigenvalue weighted by Crippen LogP contribution is -2.38. The molecule has 4 aromatic rings. The van der Waals surface area contributed by atoms with Crippen LogP contribution in [0, 0.1) is 11.7 Å². The fraction of sp³-hybridized carbons (Fsp3) is 0.200. The summed E-state index contributed by atoms with van der Waals surface area (Å²) < 4.78 is 42.7. The molecule has 0 bridgehead atoms. The standard InChI is InChI=1S/C30H31FN4O3S/c1-23(2)17-19-34(39(37,38)20-18-24-9-5-3-6-10-24)22-30(36)32-29-21-28(25-11-7-4-8-12-25)33-35(29)27-15-13-26(31)14-16-27/h3-16,18,20-21,23H,17,19,22H2,1-2H3,(H,32,36). The molecule has 1 aromatic heterocycles. The molecular weight excluding hydrogens is 515 g/mol. The number of aromatic nitrogens is 2. The van der Waals surface area contributed by atoms with Crippen LogP contribution in [0.25, 0.3) is 23.0 Å². The number of carbonyl (C=O) groups excluding carboxylic acids is 1. The van der Waals surface area contributed by atoms with Crippen LogP contribution in [0.1, 0.15) is 25.8 Å². The van der Waals surface area contributed by atoms with Crippen molar-refractivity contribution in [1.29, 1.82) is 0 Å². The second-order valence-electron chi connectivity index (χ2n) is 9.49. The predicted octanol–water partition coefficient (Wildman–Crippen LogP) is 5.97. The molecule has 0 aliphatic heterocycles. The van der Waals surface area contributed by atoms with Gasteiger partial charge in [0.2, 0.25) is 15.9 Å². The van der Waals surface area contributed by atoms with Gasteiger partial charge >= 0.3 is 0 Å². The van der Waals surface area contributed by atoms with Crippen LogP contribution in [0.5, 0.6) is 0 Å². The van der Waals surface area contributed by atoms with Crippen LogP contribution < -0.4 is 5.32 Å². The van der Waals surface area contributed by atoms with Gasteiger partial charge in [-0.1, -0.05) is 74.5 Å². The zero-order valence-electron chi connectivity index (χ0n) is 21.9. The maximum absolute atomic E-state index is 13.6. The Hall–Kier alpha value is -4.08. The van der Waals surface area contributed by atoms with E-state index in [9.17, 15) is 17.6 Å². The molecule has 0 aliphatic rings. The van der Waals surface area contributed by atoms with Gasteiger partial charge in [-0.25, -0.2) is 17.5 Å². The van der Waals surface area contributed by atoms with Gasteiger partial charge in [-0.2, -0.15) is 9.40 Å². The largest absolute Gasteiger partial charge is 0.309 e. The third-order valence-corrected chi connectivity index (χ3v) is 7.50. The third-order valence-electron chi connectivity index (χ3n) is 5.99. The molecule has 7 nitrogen and oxygen atoms in total. The molecule has 3 aromatic carbocycles. The van der Waals surface area contributed by atoms with E-state index in [1.165, 1.54) is 27.2 Å². The maximum Gasteiger partial charge on any atom is 0.240 e. The average Bonchev–Trinajstić information content (AvgIpc) is 3.34. The van der Waals surface area contributed by atoms with E-state index in [1.54, 1.807) is 30.3 Å². The minimum atomic E-state index is -3.88. The first-order valence-corrected chi connectivity index (χ1v) is 14.2. The van der Waals surface area contributed by atoms with Crippen molar-refractivity contribution in [2.45, 2.75) is 20.3 Å². The number of sulfonamides is 1. The van der Waals surface area contributed by atoms with Crippen LogP contribution in [-0.4, -0.2) is 41.5 Å². The Balaban J connectivity index is 1.60. The van der Waals surface area contributed by atoms with Crippen molar-refractivity contribution in [1.82, 2.24) is 14.1 Å².